The molecule has 3 rings (SSSR count). The van der Waals surface area contributed by atoms with Crippen LogP contribution in [0.5, 0.6) is 0 Å². The standard InChI is InChI=1S/C15H19IN2O/c16-14-6-2-1-5-13(14)15(19)18-10-7-12(11-18)17-8-3-4-9-17/h1-2,5-6,12H,3-4,7-11H2. The first-order valence-electron chi connectivity index (χ1n) is 7.03. The molecule has 102 valence electrons. The molecule has 0 bridgehead atoms. The van der Waals surface area contributed by atoms with E-state index < -0.39 is 0 Å². The van der Waals surface area contributed by atoms with E-state index in [4.69, 9.17) is 0 Å². The molecule has 1 aromatic rings. The van der Waals surface area contributed by atoms with Crippen LogP contribution in [0.15, 0.2) is 24.3 Å². The van der Waals surface area contributed by atoms with Gasteiger partial charge in [0.2, 0.25) is 0 Å². The van der Waals surface area contributed by atoms with Crippen LogP contribution in [0, 0.1) is 3.57 Å². The minimum Gasteiger partial charge on any atom is -0.337 e. The molecule has 0 N–H and O–H groups in total. The predicted octanol–water partition coefficient (Wildman–Crippen LogP) is 2.60. The highest BCUT2D eigenvalue weighted by Gasteiger charge is 2.32. The van der Waals surface area contributed by atoms with Crippen LogP contribution in [0.1, 0.15) is 29.6 Å². The number of likely N-dealkylation sites (tertiary alicyclic amines) is 2. The normalized spacial score (nSPS) is 24.1. The van der Waals surface area contributed by atoms with Crippen LogP contribution in [0.25, 0.3) is 0 Å². The van der Waals surface area contributed by atoms with Crippen LogP contribution in [0.3, 0.4) is 0 Å². The second kappa shape index (κ2) is 5.79. The van der Waals surface area contributed by atoms with Crippen molar-refractivity contribution in [1.29, 1.82) is 0 Å². The highest BCUT2D eigenvalue weighted by molar-refractivity contribution is 14.1. The smallest absolute Gasteiger partial charge is 0.254 e. The lowest BCUT2D eigenvalue weighted by atomic mass is 10.2. The van der Waals surface area contributed by atoms with Gasteiger partial charge in [0.05, 0.1) is 5.56 Å². The van der Waals surface area contributed by atoms with E-state index in [9.17, 15) is 4.79 Å². The molecule has 2 heterocycles. The van der Waals surface area contributed by atoms with Gasteiger partial charge in [0.1, 0.15) is 0 Å². The SMILES string of the molecule is O=C(c1ccccc1I)N1CCC(N2CCCC2)C1. The van der Waals surface area contributed by atoms with Crippen molar-refractivity contribution in [3.05, 3.63) is 33.4 Å². The minimum atomic E-state index is 0.201. The third kappa shape index (κ3) is 2.79. The molecule has 2 aliphatic heterocycles. The zero-order valence-corrected chi connectivity index (χ0v) is 13.2. The Bertz CT molecular complexity index is 471. The molecule has 0 spiro atoms. The Kier molecular flexibility index (Phi) is 4.07. The summed E-state index contributed by atoms with van der Waals surface area (Å²) in [5.74, 6) is 0.201. The van der Waals surface area contributed by atoms with Crippen LogP contribution in [-0.2, 0) is 0 Å². The summed E-state index contributed by atoms with van der Waals surface area (Å²) in [4.78, 5) is 17.1. The first-order valence-corrected chi connectivity index (χ1v) is 8.11. The van der Waals surface area contributed by atoms with Crippen molar-refractivity contribution in [2.24, 2.45) is 0 Å². The first-order chi connectivity index (χ1) is 9.25. The molecule has 2 saturated heterocycles. The van der Waals surface area contributed by atoms with Crippen molar-refractivity contribution in [2.75, 3.05) is 26.2 Å². The van der Waals surface area contributed by atoms with Crippen LogP contribution >= 0.6 is 22.6 Å². The van der Waals surface area contributed by atoms with Crippen molar-refractivity contribution >= 4 is 28.5 Å². The lowest BCUT2D eigenvalue weighted by molar-refractivity contribution is 0.0779. The molecule has 2 aliphatic rings. The van der Waals surface area contributed by atoms with Gasteiger partial charge in [0.15, 0.2) is 0 Å². The minimum absolute atomic E-state index is 0.201. The predicted molar refractivity (Wildman–Crippen MR) is 84.3 cm³/mol. The van der Waals surface area contributed by atoms with E-state index in [1.165, 1.54) is 25.9 Å². The Morgan fingerprint density at radius 3 is 2.63 bits per heavy atom. The number of benzene rings is 1. The average molecular weight is 370 g/mol. The molecule has 4 heteroatoms. The van der Waals surface area contributed by atoms with Gasteiger partial charge in [-0.25, -0.2) is 0 Å². The van der Waals surface area contributed by atoms with Gasteiger partial charge in [-0.1, -0.05) is 12.1 Å². The quantitative estimate of drug-likeness (QED) is 0.748. The number of halogens is 1. The number of hydrogen-bond acceptors (Lipinski definition) is 2. The first kappa shape index (κ1) is 13.4. The molecule has 0 radical (unpaired) electrons. The number of carbonyl (C=O) groups is 1. The fourth-order valence-corrected chi connectivity index (χ4v) is 3.75. The van der Waals surface area contributed by atoms with Gasteiger partial charge >= 0.3 is 0 Å². The van der Waals surface area contributed by atoms with Crippen molar-refractivity contribution in [2.45, 2.75) is 25.3 Å². The number of amides is 1. The highest BCUT2D eigenvalue weighted by atomic mass is 127. The van der Waals surface area contributed by atoms with Gasteiger partial charge in [-0.05, 0) is 67.1 Å². The van der Waals surface area contributed by atoms with Gasteiger partial charge in [0, 0.05) is 22.7 Å². The molecule has 1 unspecified atom stereocenters. The molecule has 0 aliphatic carbocycles. The summed E-state index contributed by atoms with van der Waals surface area (Å²) >= 11 is 2.25. The lowest BCUT2D eigenvalue weighted by Gasteiger charge is -2.23. The molecule has 0 saturated carbocycles. The van der Waals surface area contributed by atoms with Gasteiger partial charge < -0.3 is 4.90 Å². The molecule has 19 heavy (non-hydrogen) atoms. The van der Waals surface area contributed by atoms with Gasteiger partial charge in [-0.3, -0.25) is 9.69 Å². The zero-order valence-electron chi connectivity index (χ0n) is 11.0. The van der Waals surface area contributed by atoms with Crippen LogP contribution < -0.4 is 0 Å². The zero-order chi connectivity index (χ0) is 13.2. The van der Waals surface area contributed by atoms with Crippen molar-refractivity contribution in [3.8, 4) is 0 Å². The van der Waals surface area contributed by atoms with Crippen LogP contribution in [-0.4, -0.2) is 47.9 Å². The van der Waals surface area contributed by atoms with E-state index in [1.807, 2.05) is 29.2 Å². The summed E-state index contributed by atoms with van der Waals surface area (Å²) in [6, 6.07) is 8.46. The van der Waals surface area contributed by atoms with E-state index >= 15 is 0 Å². The Balaban J connectivity index is 1.67. The summed E-state index contributed by atoms with van der Waals surface area (Å²) in [7, 11) is 0. The fourth-order valence-electron chi connectivity index (χ4n) is 3.14. The third-order valence-corrected chi connectivity index (χ3v) is 5.15. The van der Waals surface area contributed by atoms with Crippen molar-refractivity contribution in [1.82, 2.24) is 9.80 Å². The third-order valence-electron chi connectivity index (χ3n) is 4.21. The Morgan fingerprint density at radius 1 is 1.16 bits per heavy atom. The van der Waals surface area contributed by atoms with E-state index in [2.05, 4.69) is 27.5 Å². The maximum Gasteiger partial charge on any atom is 0.254 e. The molecule has 2 fully saturated rings. The fraction of sp³-hybridized carbons (Fsp3) is 0.533. The molecular formula is C15H19IN2O. The number of carbonyl (C=O) groups excluding carboxylic acids is 1. The van der Waals surface area contributed by atoms with E-state index in [0.29, 0.717) is 6.04 Å². The Hall–Kier alpha value is -0.620. The van der Waals surface area contributed by atoms with Gasteiger partial charge in [0.25, 0.3) is 5.91 Å². The highest BCUT2D eigenvalue weighted by Crippen LogP contribution is 2.23. The maximum atomic E-state index is 12.5. The van der Waals surface area contributed by atoms with Gasteiger partial charge in [-0.15, -0.1) is 0 Å². The molecule has 3 nitrogen and oxygen atoms in total. The summed E-state index contributed by atoms with van der Waals surface area (Å²) in [5.41, 5.74) is 0.852. The molecule has 0 aromatic heterocycles. The molecule has 1 atom stereocenters. The molecule has 1 amide bonds. The summed E-state index contributed by atoms with van der Waals surface area (Å²) in [5, 5.41) is 0. The topological polar surface area (TPSA) is 23.6 Å². The summed E-state index contributed by atoms with van der Waals surface area (Å²) in [6.45, 7) is 4.25. The van der Waals surface area contributed by atoms with Crippen molar-refractivity contribution in [3.63, 3.8) is 0 Å². The van der Waals surface area contributed by atoms with Gasteiger partial charge in [-0.2, -0.15) is 0 Å². The average Bonchev–Trinajstić information content (AvgIpc) is 3.09. The molecule has 1 aromatic carbocycles. The van der Waals surface area contributed by atoms with E-state index in [0.717, 1.165) is 28.6 Å². The number of nitrogens with zero attached hydrogens (tertiary/aromatic N) is 2. The van der Waals surface area contributed by atoms with Crippen LogP contribution in [0.4, 0.5) is 0 Å². The van der Waals surface area contributed by atoms with E-state index in [-0.39, 0.29) is 5.91 Å². The number of hydrogen-bond donors (Lipinski definition) is 0. The second-order valence-corrected chi connectivity index (χ2v) is 6.58. The summed E-state index contributed by atoms with van der Waals surface area (Å²) < 4.78 is 1.05. The maximum absolute atomic E-state index is 12.5. The second-order valence-electron chi connectivity index (χ2n) is 5.42. The Labute approximate surface area is 128 Å². The number of rotatable bonds is 2. The van der Waals surface area contributed by atoms with E-state index in [1.54, 1.807) is 0 Å². The summed E-state index contributed by atoms with van der Waals surface area (Å²) in [6.07, 6.45) is 3.78. The monoisotopic (exact) mass is 370 g/mol. The lowest BCUT2D eigenvalue weighted by Crippen LogP contribution is -2.37. The largest absolute Gasteiger partial charge is 0.337 e. The van der Waals surface area contributed by atoms with Crippen LogP contribution in [0.2, 0.25) is 0 Å². The molecular weight excluding hydrogens is 351 g/mol. The Morgan fingerprint density at radius 2 is 1.89 bits per heavy atom. The van der Waals surface area contributed by atoms with Crippen molar-refractivity contribution < 1.29 is 4.79 Å².